The van der Waals surface area contributed by atoms with Crippen molar-refractivity contribution in [3.8, 4) is 5.75 Å². The number of hydrogen-bond acceptors (Lipinski definition) is 3. The highest BCUT2D eigenvalue weighted by molar-refractivity contribution is 5.59. The number of benzene rings is 1. The molecular weight excluding hydrogens is 212 g/mol. The molecule has 0 bridgehead atoms. The summed E-state index contributed by atoms with van der Waals surface area (Å²) in [6.45, 7) is 6.72. The fourth-order valence-corrected chi connectivity index (χ4v) is 2.73. The molecule has 2 aliphatic heterocycles. The van der Waals surface area contributed by atoms with Crippen LogP contribution in [0.25, 0.3) is 0 Å². The van der Waals surface area contributed by atoms with E-state index in [1.165, 1.54) is 38.2 Å². The summed E-state index contributed by atoms with van der Waals surface area (Å²) in [4.78, 5) is 5.02. The molecule has 0 radical (unpaired) electrons. The zero-order valence-corrected chi connectivity index (χ0v) is 10.3. The molecule has 1 aromatic carbocycles. The maximum atomic E-state index is 5.67. The van der Waals surface area contributed by atoms with E-state index in [4.69, 9.17) is 4.74 Å². The molecule has 1 aromatic rings. The first-order valence-corrected chi connectivity index (χ1v) is 6.62. The lowest BCUT2D eigenvalue weighted by Crippen LogP contribution is -2.38. The zero-order chi connectivity index (χ0) is 11.5. The summed E-state index contributed by atoms with van der Waals surface area (Å²) < 4.78 is 5.67. The summed E-state index contributed by atoms with van der Waals surface area (Å²) >= 11 is 0. The summed E-state index contributed by atoms with van der Waals surface area (Å²) in [5, 5.41) is 0. The standard InChI is InChI=1S/C14H20N2O/c1-2-6-14-13(5-1)16(11-12-17-14)10-9-15-7-3-4-8-15/h1-2,5-6H,3-4,7-12H2. The summed E-state index contributed by atoms with van der Waals surface area (Å²) in [6, 6.07) is 8.37. The van der Waals surface area contributed by atoms with Crippen molar-refractivity contribution in [1.29, 1.82) is 0 Å². The van der Waals surface area contributed by atoms with Crippen LogP contribution in [0, 0.1) is 0 Å². The first-order chi connectivity index (χ1) is 8.43. The molecule has 17 heavy (non-hydrogen) atoms. The molecule has 3 nitrogen and oxygen atoms in total. The highest BCUT2D eigenvalue weighted by Gasteiger charge is 2.18. The topological polar surface area (TPSA) is 15.7 Å². The second-order valence-corrected chi connectivity index (χ2v) is 4.85. The molecule has 0 amide bonds. The van der Waals surface area contributed by atoms with Crippen molar-refractivity contribution in [3.05, 3.63) is 24.3 Å². The molecule has 0 unspecified atom stereocenters. The number of hydrogen-bond donors (Lipinski definition) is 0. The third kappa shape index (κ3) is 2.39. The smallest absolute Gasteiger partial charge is 0.142 e. The molecule has 1 fully saturated rings. The highest BCUT2D eigenvalue weighted by Crippen LogP contribution is 2.30. The van der Waals surface area contributed by atoms with Crippen LogP contribution in [-0.4, -0.2) is 44.2 Å². The van der Waals surface area contributed by atoms with E-state index in [0.29, 0.717) is 0 Å². The van der Waals surface area contributed by atoms with Gasteiger partial charge in [0.2, 0.25) is 0 Å². The number of fused-ring (bicyclic) bond motifs is 1. The van der Waals surface area contributed by atoms with Gasteiger partial charge >= 0.3 is 0 Å². The molecule has 0 N–H and O–H groups in total. The van der Waals surface area contributed by atoms with Crippen LogP contribution < -0.4 is 9.64 Å². The minimum Gasteiger partial charge on any atom is -0.490 e. The summed E-state index contributed by atoms with van der Waals surface area (Å²) in [5.74, 6) is 1.04. The van der Waals surface area contributed by atoms with E-state index in [1.807, 2.05) is 6.07 Å². The molecule has 1 saturated heterocycles. The van der Waals surface area contributed by atoms with Gasteiger partial charge < -0.3 is 14.5 Å². The van der Waals surface area contributed by atoms with Gasteiger partial charge in [-0.25, -0.2) is 0 Å². The molecule has 2 aliphatic rings. The third-order valence-electron chi connectivity index (χ3n) is 3.71. The highest BCUT2D eigenvalue weighted by atomic mass is 16.5. The van der Waals surface area contributed by atoms with Gasteiger partial charge in [-0.2, -0.15) is 0 Å². The lowest BCUT2D eigenvalue weighted by Gasteiger charge is -2.32. The van der Waals surface area contributed by atoms with Crippen LogP contribution in [0.5, 0.6) is 5.75 Å². The van der Waals surface area contributed by atoms with Crippen LogP contribution in [-0.2, 0) is 0 Å². The Morgan fingerprint density at radius 3 is 2.71 bits per heavy atom. The number of rotatable bonds is 3. The normalized spacial score (nSPS) is 20.1. The Morgan fingerprint density at radius 2 is 1.82 bits per heavy atom. The van der Waals surface area contributed by atoms with Crippen LogP contribution in [0.15, 0.2) is 24.3 Å². The molecule has 92 valence electrons. The van der Waals surface area contributed by atoms with Gasteiger partial charge in [-0.05, 0) is 38.1 Å². The minimum absolute atomic E-state index is 0.816. The van der Waals surface area contributed by atoms with Gasteiger partial charge in [0.1, 0.15) is 12.4 Å². The van der Waals surface area contributed by atoms with Crippen molar-refractivity contribution in [3.63, 3.8) is 0 Å². The van der Waals surface area contributed by atoms with Gasteiger partial charge in [-0.3, -0.25) is 0 Å². The average molecular weight is 232 g/mol. The summed E-state index contributed by atoms with van der Waals surface area (Å²) in [7, 11) is 0. The number of likely N-dealkylation sites (tertiary alicyclic amines) is 1. The number of anilines is 1. The zero-order valence-electron chi connectivity index (χ0n) is 10.3. The average Bonchev–Trinajstić information content (AvgIpc) is 2.89. The molecule has 0 saturated carbocycles. The van der Waals surface area contributed by atoms with Crippen molar-refractivity contribution >= 4 is 5.69 Å². The van der Waals surface area contributed by atoms with Gasteiger partial charge in [0.25, 0.3) is 0 Å². The molecule has 3 heteroatoms. The SMILES string of the molecule is c1ccc2c(c1)OCCN2CCN1CCCC1. The van der Waals surface area contributed by atoms with Gasteiger partial charge in [0.15, 0.2) is 0 Å². The summed E-state index contributed by atoms with van der Waals surface area (Å²) in [6.07, 6.45) is 2.75. The van der Waals surface area contributed by atoms with Crippen LogP contribution >= 0.6 is 0 Å². The fourth-order valence-electron chi connectivity index (χ4n) is 2.73. The van der Waals surface area contributed by atoms with Crippen LogP contribution in [0.2, 0.25) is 0 Å². The fraction of sp³-hybridized carbons (Fsp3) is 0.571. The van der Waals surface area contributed by atoms with E-state index < -0.39 is 0 Å². The lowest BCUT2D eigenvalue weighted by molar-refractivity contribution is 0.296. The summed E-state index contributed by atoms with van der Waals surface area (Å²) in [5.41, 5.74) is 1.26. The first kappa shape index (κ1) is 10.9. The first-order valence-electron chi connectivity index (χ1n) is 6.62. The molecule has 0 aromatic heterocycles. The van der Waals surface area contributed by atoms with Crippen molar-refractivity contribution in [1.82, 2.24) is 4.90 Å². The Labute approximate surface area is 103 Å². The van der Waals surface area contributed by atoms with E-state index in [2.05, 4.69) is 28.0 Å². The second kappa shape index (κ2) is 4.96. The van der Waals surface area contributed by atoms with Crippen molar-refractivity contribution in [2.24, 2.45) is 0 Å². The monoisotopic (exact) mass is 232 g/mol. The lowest BCUT2D eigenvalue weighted by atomic mass is 10.2. The number of ether oxygens (including phenoxy) is 1. The van der Waals surface area contributed by atoms with Gasteiger partial charge in [-0.15, -0.1) is 0 Å². The maximum Gasteiger partial charge on any atom is 0.142 e. The molecule has 0 atom stereocenters. The minimum atomic E-state index is 0.816. The molecular formula is C14H20N2O. The Bertz CT molecular complexity index is 374. The van der Waals surface area contributed by atoms with E-state index in [0.717, 1.165) is 25.4 Å². The predicted molar refractivity (Wildman–Crippen MR) is 69.8 cm³/mol. The van der Waals surface area contributed by atoms with Crippen molar-refractivity contribution in [2.45, 2.75) is 12.8 Å². The quantitative estimate of drug-likeness (QED) is 0.792. The Morgan fingerprint density at radius 1 is 1.00 bits per heavy atom. The predicted octanol–water partition coefficient (Wildman–Crippen LogP) is 1.98. The number of nitrogens with zero attached hydrogens (tertiary/aromatic N) is 2. The van der Waals surface area contributed by atoms with Gasteiger partial charge in [0.05, 0.1) is 12.2 Å². The van der Waals surface area contributed by atoms with Crippen molar-refractivity contribution in [2.75, 3.05) is 44.2 Å². The van der Waals surface area contributed by atoms with Gasteiger partial charge in [-0.1, -0.05) is 12.1 Å². The van der Waals surface area contributed by atoms with E-state index in [9.17, 15) is 0 Å². The van der Waals surface area contributed by atoms with E-state index in [-0.39, 0.29) is 0 Å². The van der Waals surface area contributed by atoms with Gasteiger partial charge in [0, 0.05) is 13.1 Å². The number of para-hydroxylation sites is 2. The Kier molecular flexibility index (Phi) is 3.18. The largest absolute Gasteiger partial charge is 0.490 e. The van der Waals surface area contributed by atoms with Crippen LogP contribution in [0.3, 0.4) is 0 Å². The van der Waals surface area contributed by atoms with E-state index in [1.54, 1.807) is 0 Å². The van der Waals surface area contributed by atoms with E-state index >= 15 is 0 Å². The molecule has 0 aliphatic carbocycles. The Balaban J connectivity index is 1.64. The third-order valence-corrected chi connectivity index (χ3v) is 3.71. The Hall–Kier alpha value is -1.22. The maximum absolute atomic E-state index is 5.67. The molecule has 2 heterocycles. The molecule has 3 rings (SSSR count). The second-order valence-electron chi connectivity index (χ2n) is 4.85. The van der Waals surface area contributed by atoms with Crippen LogP contribution in [0.4, 0.5) is 5.69 Å². The molecule has 0 spiro atoms. The van der Waals surface area contributed by atoms with Crippen molar-refractivity contribution < 1.29 is 4.74 Å². The van der Waals surface area contributed by atoms with Crippen LogP contribution in [0.1, 0.15) is 12.8 Å².